The normalized spacial score (nSPS) is 10.8. The van der Waals surface area contributed by atoms with E-state index in [1.54, 1.807) is 13.2 Å². The summed E-state index contributed by atoms with van der Waals surface area (Å²) < 4.78 is 1.90. The number of nitrogens with two attached hydrogens (primary N) is 1. The molecule has 0 spiro atoms. The molecule has 0 unspecified atom stereocenters. The molecule has 2 aromatic rings. The van der Waals surface area contributed by atoms with Crippen molar-refractivity contribution in [2.24, 2.45) is 0 Å². The van der Waals surface area contributed by atoms with Gasteiger partial charge in [-0.25, -0.2) is 4.98 Å². The van der Waals surface area contributed by atoms with Crippen LogP contribution >= 0.6 is 0 Å². The van der Waals surface area contributed by atoms with E-state index in [0.717, 1.165) is 11.4 Å². The standard InChI is InChI=1S/C12H19N7/c1-7(2)19-6-10(8(3)18-19)16-12-15-5-9(13)11(14-4)17-12/h5-7H,13H2,1-4H3,(H2,14,15,16,17). The van der Waals surface area contributed by atoms with E-state index in [4.69, 9.17) is 5.73 Å². The molecule has 2 aromatic heterocycles. The summed E-state index contributed by atoms with van der Waals surface area (Å²) in [4.78, 5) is 8.44. The molecule has 2 rings (SSSR count). The molecule has 0 aliphatic heterocycles. The van der Waals surface area contributed by atoms with E-state index in [1.165, 1.54) is 0 Å². The fourth-order valence-electron chi connectivity index (χ4n) is 1.64. The lowest BCUT2D eigenvalue weighted by Crippen LogP contribution is -2.04. The zero-order valence-electron chi connectivity index (χ0n) is 11.6. The van der Waals surface area contributed by atoms with Crippen molar-refractivity contribution < 1.29 is 0 Å². The summed E-state index contributed by atoms with van der Waals surface area (Å²) in [5, 5.41) is 10.5. The summed E-state index contributed by atoms with van der Waals surface area (Å²) >= 11 is 0. The Morgan fingerprint density at radius 1 is 1.37 bits per heavy atom. The van der Waals surface area contributed by atoms with Gasteiger partial charge in [-0.3, -0.25) is 4.68 Å². The van der Waals surface area contributed by atoms with Gasteiger partial charge < -0.3 is 16.4 Å². The maximum Gasteiger partial charge on any atom is 0.229 e. The van der Waals surface area contributed by atoms with Gasteiger partial charge in [-0.1, -0.05) is 0 Å². The molecular formula is C12H19N7. The number of hydrogen-bond acceptors (Lipinski definition) is 6. The first-order chi connectivity index (χ1) is 9.01. The third kappa shape index (κ3) is 2.75. The highest BCUT2D eigenvalue weighted by molar-refractivity contribution is 5.64. The Hall–Kier alpha value is -2.31. The first kappa shape index (κ1) is 13.1. The number of nitrogens with one attached hydrogen (secondary N) is 2. The lowest BCUT2D eigenvalue weighted by atomic mass is 10.4. The van der Waals surface area contributed by atoms with Gasteiger partial charge in [0.05, 0.1) is 23.3 Å². The molecule has 4 N–H and O–H groups in total. The Labute approximate surface area is 112 Å². The van der Waals surface area contributed by atoms with Crippen LogP contribution in [0, 0.1) is 6.92 Å². The maximum absolute atomic E-state index is 5.74. The maximum atomic E-state index is 5.74. The van der Waals surface area contributed by atoms with Crippen LogP contribution in [0.1, 0.15) is 25.6 Å². The van der Waals surface area contributed by atoms with Crippen LogP contribution in [0.2, 0.25) is 0 Å². The Bertz CT molecular complexity index is 573. The zero-order valence-corrected chi connectivity index (χ0v) is 11.6. The summed E-state index contributed by atoms with van der Waals surface area (Å²) in [6, 6.07) is 0.314. The molecule has 2 heterocycles. The van der Waals surface area contributed by atoms with Crippen molar-refractivity contribution in [2.45, 2.75) is 26.8 Å². The summed E-state index contributed by atoms with van der Waals surface area (Å²) in [5.41, 5.74) is 8.04. The van der Waals surface area contributed by atoms with E-state index in [2.05, 4.69) is 39.5 Å². The SMILES string of the molecule is CNc1nc(Nc2cn(C(C)C)nc2C)ncc1N. The highest BCUT2D eigenvalue weighted by Crippen LogP contribution is 2.21. The van der Waals surface area contributed by atoms with Crippen molar-refractivity contribution >= 4 is 23.1 Å². The molecule has 0 aromatic carbocycles. The fraction of sp³-hybridized carbons (Fsp3) is 0.417. The van der Waals surface area contributed by atoms with Crippen molar-refractivity contribution in [2.75, 3.05) is 23.4 Å². The molecule has 0 atom stereocenters. The van der Waals surface area contributed by atoms with Crippen molar-refractivity contribution in [1.29, 1.82) is 0 Å². The minimum Gasteiger partial charge on any atom is -0.394 e. The van der Waals surface area contributed by atoms with Gasteiger partial charge >= 0.3 is 0 Å². The van der Waals surface area contributed by atoms with E-state index in [9.17, 15) is 0 Å². The van der Waals surface area contributed by atoms with Crippen molar-refractivity contribution in [3.05, 3.63) is 18.1 Å². The van der Waals surface area contributed by atoms with Gasteiger partial charge in [0.1, 0.15) is 0 Å². The number of aryl methyl sites for hydroxylation is 1. The fourth-order valence-corrected chi connectivity index (χ4v) is 1.64. The van der Waals surface area contributed by atoms with Crippen LogP contribution in [0.3, 0.4) is 0 Å². The molecule has 0 aliphatic rings. The van der Waals surface area contributed by atoms with Crippen LogP contribution in [-0.4, -0.2) is 26.8 Å². The van der Waals surface area contributed by atoms with Gasteiger partial charge in [0.25, 0.3) is 0 Å². The number of nitrogens with zero attached hydrogens (tertiary/aromatic N) is 4. The van der Waals surface area contributed by atoms with Crippen molar-refractivity contribution in [1.82, 2.24) is 19.7 Å². The smallest absolute Gasteiger partial charge is 0.229 e. The van der Waals surface area contributed by atoms with Crippen LogP contribution < -0.4 is 16.4 Å². The molecule has 0 fully saturated rings. The number of hydrogen-bond donors (Lipinski definition) is 3. The van der Waals surface area contributed by atoms with Gasteiger partial charge in [0.2, 0.25) is 5.95 Å². The van der Waals surface area contributed by atoms with Crippen LogP contribution in [0.25, 0.3) is 0 Å². The largest absolute Gasteiger partial charge is 0.394 e. The molecule has 19 heavy (non-hydrogen) atoms. The Morgan fingerprint density at radius 3 is 2.68 bits per heavy atom. The molecule has 0 radical (unpaired) electrons. The number of rotatable bonds is 4. The number of anilines is 4. The molecule has 0 aliphatic carbocycles. The Balaban J connectivity index is 2.26. The zero-order chi connectivity index (χ0) is 14.0. The number of nitrogen functional groups attached to an aromatic ring is 1. The van der Waals surface area contributed by atoms with Gasteiger partial charge in [-0.15, -0.1) is 0 Å². The van der Waals surface area contributed by atoms with Crippen molar-refractivity contribution in [3.63, 3.8) is 0 Å². The average Bonchev–Trinajstić information content (AvgIpc) is 2.73. The molecular weight excluding hydrogens is 242 g/mol. The molecule has 0 saturated carbocycles. The van der Waals surface area contributed by atoms with Crippen LogP contribution in [0.15, 0.2) is 12.4 Å². The van der Waals surface area contributed by atoms with Gasteiger partial charge in [0, 0.05) is 19.3 Å². The van der Waals surface area contributed by atoms with Crippen molar-refractivity contribution in [3.8, 4) is 0 Å². The highest BCUT2D eigenvalue weighted by Gasteiger charge is 2.09. The molecule has 7 nitrogen and oxygen atoms in total. The average molecular weight is 261 g/mol. The second-order valence-corrected chi connectivity index (χ2v) is 4.57. The van der Waals surface area contributed by atoms with E-state index in [1.807, 2.05) is 17.8 Å². The first-order valence-electron chi connectivity index (χ1n) is 6.14. The Morgan fingerprint density at radius 2 is 2.11 bits per heavy atom. The predicted octanol–water partition coefficient (Wildman–Crippen LogP) is 1.93. The van der Waals surface area contributed by atoms with E-state index in [0.29, 0.717) is 23.5 Å². The van der Waals surface area contributed by atoms with E-state index >= 15 is 0 Å². The third-order valence-corrected chi connectivity index (χ3v) is 2.75. The third-order valence-electron chi connectivity index (χ3n) is 2.75. The quantitative estimate of drug-likeness (QED) is 0.778. The number of aromatic nitrogens is 4. The lowest BCUT2D eigenvalue weighted by Gasteiger charge is -2.07. The second kappa shape index (κ2) is 5.13. The summed E-state index contributed by atoms with van der Waals surface area (Å²) in [5.74, 6) is 1.09. The molecule has 102 valence electrons. The van der Waals surface area contributed by atoms with E-state index in [-0.39, 0.29) is 0 Å². The molecule has 7 heteroatoms. The first-order valence-corrected chi connectivity index (χ1v) is 6.14. The van der Waals surface area contributed by atoms with Gasteiger partial charge in [-0.2, -0.15) is 10.1 Å². The molecule has 0 amide bonds. The predicted molar refractivity (Wildman–Crippen MR) is 76.6 cm³/mol. The highest BCUT2D eigenvalue weighted by atomic mass is 15.3. The monoisotopic (exact) mass is 261 g/mol. The van der Waals surface area contributed by atoms with Crippen LogP contribution in [0.5, 0.6) is 0 Å². The van der Waals surface area contributed by atoms with E-state index < -0.39 is 0 Å². The van der Waals surface area contributed by atoms with Crippen LogP contribution in [0.4, 0.5) is 23.1 Å². The topological polar surface area (TPSA) is 93.7 Å². The second-order valence-electron chi connectivity index (χ2n) is 4.57. The van der Waals surface area contributed by atoms with Crippen LogP contribution in [-0.2, 0) is 0 Å². The summed E-state index contributed by atoms with van der Waals surface area (Å²) in [7, 11) is 1.77. The summed E-state index contributed by atoms with van der Waals surface area (Å²) in [6.45, 7) is 6.10. The molecule has 0 saturated heterocycles. The molecule has 0 bridgehead atoms. The summed E-state index contributed by atoms with van der Waals surface area (Å²) in [6.07, 6.45) is 3.52. The minimum absolute atomic E-state index is 0.314. The minimum atomic E-state index is 0.314. The van der Waals surface area contributed by atoms with Gasteiger partial charge in [-0.05, 0) is 20.8 Å². The Kier molecular flexibility index (Phi) is 3.55. The lowest BCUT2D eigenvalue weighted by molar-refractivity contribution is 0.529. The van der Waals surface area contributed by atoms with Gasteiger partial charge in [0.15, 0.2) is 5.82 Å².